The third-order valence-electron chi connectivity index (χ3n) is 2.72. The lowest BCUT2D eigenvalue weighted by molar-refractivity contribution is 0.475. The van der Waals surface area contributed by atoms with Gasteiger partial charge in [0.1, 0.15) is 5.75 Å². The fourth-order valence-electron chi connectivity index (χ4n) is 1.94. The van der Waals surface area contributed by atoms with Gasteiger partial charge in [0, 0.05) is 12.6 Å². The van der Waals surface area contributed by atoms with Gasteiger partial charge in [0.25, 0.3) is 0 Å². The van der Waals surface area contributed by atoms with E-state index in [1.807, 2.05) is 12.1 Å². The molecular weight excluding hydrogens is 198 g/mol. The molecule has 2 unspecified atom stereocenters. The Morgan fingerprint density at radius 2 is 1.93 bits per heavy atom. The minimum absolute atomic E-state index is 0. The van der Waals surface area contributed by atoms with E-state index in [9.17, 15) is 0 Å². The fourth-order valence-corrected chi connectivity index (χ4v) is 1.94. The minimum Gasteiger partial charge on any atom is -0.508 e. The van der Waals surface area contributed by atoms with Crippen LogP contribution in [0.2, 0.25) is 0 Å². The molecular formula is C11H16ClNO. The Kier molecular flexibility index (Phi) is 3.78. The molecule has 0 aromatic heterocycles. The van der Waals surface area contributed by atoms with E-state index in [4.69, 9.17) is 5.11 Å². The lowest BCUT2D eigenvalue weighted by atomic mass is 9.97. The summed E-state index contributed by atoms with van der Waals surface area (Å²) in [5.41, 5.74) is 1.33. The van der Waals surface area contributed by atoms with Gasteiger partial charge in [0.2, 0.25) is 0 Å². The molecule has 14 heavy (non-hydrogen) atoms. The summed E-state index contributed by atoms with van der Waals surface area (Å²) in [6.45, 7) is 3.27. The number of rotatable bonds is 1. The summed E-state index contributed by atoms with van der Waals surface area (Å²) >= 11 is 0. The lowest BCUT2D eigenvalue weighted by Gasteiger charge is -2.08. The van der Waals surface area contributed by atoms with Gasteiger partial charge in [-0.25, -0.2) is 0 Å². The van der Waals surface area contributed by atoms with Crippen LogP contribution in [0.5, 0.6) is 5.75 Å². The first-order chi connectivity index (χ1) is 6.25. The van der Waals surface area contributed by atoms with Crippen molar-refractivity contribution < 1.29 is 5.11 Å². The summed E-state index contributed by atoms with van der Waals surface area (Å²) in [5, 5.41) is 12.6. The zero-order chi connectivity index (χ0) is 9.26. The molecule has 1 aliphatic rings. The topological polar surface area (TPSA) is 32.3 Å². The third kappa shape index (κ3) is 2.40. The molecule has 0 amide bonds. The van der Waals surface area contributed by atoms with Gasteiger partial charge in [-0.2, -0.15) is 0 Å². The second-order valence-corrected chi connectivity index (χ2v) is 3.83. The van der Waals surface area contributed by atoms with Crippen molar-refractivity contribution in [1.29, 1.82) is 0 Å². The fraction of sp³-hybridized carbons (Fsp3) is 0.455. The molecule has 0 radical (unpaired) electrons. The Morgan fingerprint density at radius 1 is 1.29 bits per heavy atom. The second-order valence-electron chi connectivity index (χ2n) is 3.83. The van der Waals surface area contributed by atoms with Crippen molar-refractivity contribution in [1.82, 2.24) is 5.32 Å². The van der Waals surface area contributed by atoms with Crippen LogP contribution in [0.1, 0.15) is 24.8 Å². The maximum absolute atomic E-state index is 9.14. The van der Waals surface area contributed by atoms with Gasteiger partial charge in [0.05, 0.1) is 0 Å². The van der Waals surface area contributed by atoms with E-state index in [2.05, 4.69) is 12.2 Å². The SMILES string of the molecule is CC1CC(c2ccc(O)cc2)CN1.Cl. The van der Waals surface area contributed by atoms with Crippen molar-refractivity contribution in [2.45, 2.75) is 25.3 Å². The number of phenols is 1. The predicted molar refractivity (Wildman–Crippen MR) is 60.2 cm³/mol. The van der Waals surface area contributed by atoms with Crippen molar-refractivity contribution in [3.8, 4) is 5.75 Å². The molecule has 0 bridgehead atoms. The van der Waals surface area contributed by atoms with Crippen molar-refractivity contribution in [3.63, 3.8) is 0 Å². The Balaban J connectivity index is 0.000000980. The van der Waals surface area contributed by atoms with Gasteiger partial charge in [-0.15, -0.1) is 12.4 Å². The summed E-state index contributed by atoms with van der Waals surface area (Å²) in [6, 6.07) is 8.18. The summed E-state index contributed by atoms with van der Waals surface area (Å²) in [6.07, 6.45) is 1.20. The smallest absolute Gasteiger partial charge is 0.115 e. The quantitative estimate of drug-likeness (QED) is 0.750. The van der Waals surface area contributed by atoms with Crippen molar-refractivity contribution in [2.75, 3.05) is 6.54 Å². The molecule has 3 heteroatoms. The van der Waals surface area contributed by atoms with Gasteiger partial charge in [0.15, 0.2) is 0 Å². The van der Waals surface area contributed by atoms with Crippen molar-refractivity contribution >= 4 is 12.4 Å². The first-order valence-corrected chi connectivity index (χ1v) is 4.78. The second kappa shape index (κ2) is 4.67. The number of halogens is 1. The predicted octanol–water partition coefficient (Wildman–Crippen LogP) is 2.28. The van der Waals surface area contributed by atoms with E-state index in [-0.39, 0.29) is 12.4 Å². The summed E-state index contributed by atoms with van der Waals surface area (Å²) < 4.78 is 0. The highest BCUT2D eigenvalue weighted by atomic mass is 35.5. The van der Waals surface area contributed by atoms with Crippen LogP contribution in [0.25, 0.3) is 0 Å². The van der Waals surface area contributed by atoms with Crippen LogP contribution in [0.3, 0.4) is 0 Å². The summed E-state index contributed by atoms with van der Waals surface area (Å²) in [4.78, 5) is 0. The van der Waals surface area contributed by atoms with Crippen LogP contribution in [0, 0.1) is 0 Å². The van der Waals surface area contributed by atoms with Gasteiger partial charge in [-0.3, -0.25) is 0 Å². The Morgan fingerprint density at radius 3 is 2.43 bits per heavy atom. The van der Waals surface area contributed by atoms with Crippen LogP contribution in [-0.2, 0) is 0 Å². The molecule has 1 aliphatic heterocycles. The number of phenolic OH excluding ortho intramolecular Hbond substituents is 1. The van der Waals surface area contributed by atoms with E-state index in [0.717, 1.165) is 6.54 Å². The van der Waals surface area contributed by atoms with Crippen LogP contribution in [0.4, 0.5) is 0 Å². The minimum atomic E-state index is 0. The first-order valence-electron chi connectivity index (χ1n) is 4.78. The maximum Gasteiger partial charge on any atom is 0.115 e. The molecule has 78 valence electrons. The van der Waals surface area contributed by atoms with Crippen LogP contribution < -0.4 is 5.32 Å². The number of hydrogen-bond acceptors (Lipinski definition) is 2. The van der Waals surface area contributed by atoms with E-state index >= 15 is 0 Å². The van der Waals surface area contributed by atoms with Gasteiger partial charge in [-0.1, -0.05) is 12.1 Å². The highest BCUT2D eigenvalue weighted by Crippen LogP contribution is 2.26. The monoisotopic (exact) mass is 213 g/mol. The molecule has 0 saturated carbocycles. The van der Waals surface area contributed by atoms with Crippen molar-refractivity contribution in [3.05, 3.63) is 29.8 Å². The molecule has 1 aromatic carbocycles. The Hall–Kier alpha value is -0.730. The molecule has 0 aliphatic carbocycles. The standard InChI is InChI=1S/C11H15NO.ClH/c1-8-6-10(7-12-8)9-2-4-11(13)5-3-9;/h2-5,8,10,12-13H,6-7H2,1H3;1H. The maximum atomic E-state index is 9.14. The number of nitrogens with one attached hydrogen (secondary N) is 1. The molecule has 1 heterocycles. The summed E-state index contributed by atoms with van der Waals surface area (Å²) in [7, 11) is 0. The van der Waals surface area contributed by atoms with Crippen molar-refractivity contribution in [2.24, 2.45) is 0 Å². The number of hydrogen-bond donors (Lipinski definition) is 2. The lowest BCUT2D eigenvalue weighted by Crippen LogP contribution is -2.16. The highest BCUT2D eigenvalue weighted by molar-refractivity contribution is 5.85. The Labute approximate surface area is 90.7 Å². The molecule has 0 spiro atoms. The van der Waals surface area contributed by atoms with Gasteiger partial charge >= 0.3 is 0 Å². The van der Waals surface area contributed by atoms with E-state index in [1.165, 1.54) is 12.0 Å². The third-order valence-corrected chi connectivity index (χ3v) is 2.72. The molecule has 1 aromatic rings. The molecule has 2 atom stereocenters. The van der Waals surface area contributed by atoms with Gasteiger partial charge in [-0.05, 0) is 37.0 Å². The number of benzene rings is 1. The zero-order valence-corrected chi connectivity index (χ0v) is 9.05. The molecule has 2 N–H and O–H groups in total. The van der Waals surface area contributed by atoms with Crippen LogP contribution in [0.15, 0.2) is 24.3 Å². The van der Waals surface area contributed by atoms with E-state index in [1.54, 1.807) is 12.1 Å². The molecule has 1 fully saturated rings. The highest BCUT2D eigenvalue weighted by Gasteiger charge is 2.21. The molecule has 2 rings (SSSR count). The van der Waals surface area contributed by atoms with Crippen LogP contribution >= 0.6 is 12.4 Å². The first kappa shape index (κ1) is 11.3. The molecule has 1 saturated heterocycles. The van der Waals surface area contributed by atoms with E-state index < -0.39 is 0 Å². The van der Waals surface area contributed by atoms with Crippen LogP contribution in [-0.4, -0.2) is 17.7 Å². The average Bonchev–Trinajstić information content (AvgIpc) is 2.53. The number of aromatic hydroxyl groups is 1. The van der Waals surface area contributed by atoms with E-state index in [0.29, 0.717) is 17.7 Å². The largest absolute Gasteiger partial charge is 0.508 e. The Bertz CT molecular complexity index is 286. The molecule has 2 nitrogen and oxygen atoms in total. The average molecular weight is 214 g/mol. The van der Waals surface area contributed by atoms with Gasteiger partial charge < -0.3 is 10.4 Å². The normalized spacial score (nSPS) is 25.8. The summed E-state index contributed by atoms with van der Waals surface area (Å²) in [5.74, 6) is 0.971. The zero-order valence-electron chi connectivity index (χ0n) is 8.23.